The smallest absolute Gasteiger partial charge is 0.251 e. The molecular formula is C21H20N2O3. The van der Waals surface area contributed by atoms with Gasteiger partial charge in [-0.15, -0.1) is 0 Å². The van der Waals surface area contributed by atoms with Gasteiger partial charge in [-0.3, -0.25) is 9.78 Å². The van der Waals surface area contributed by atoms with Crippen LogP contribution in [0.4, 0.5) is 0 Å². The van der Waals surface area contributed by atoms with E-state index < -0.39 is 5.91 Å². The van der Waals surface area contributed by atoms with Gasteiger partial charge in [-0.2, -0.15) is 0 Å². The van der Waals surface area contributed by atoms with E-state index in [0.717, 1.165) is 33.9 Å². The minimum absolute atomic E-state index is 0.424. The van der Waals surface area contributed by atoms with Crippen molar-refractivity contribution in [3.63, 3.8) is 0 Å². The molecule has 0 spiro atoms. The molecule has 0 aliphatic heterocycles. The maximum absolute atomic E-state index is 12.0. The summed E-state index contributed by atoms with van der Waals surface area (Å²) in [6.45, 7) is 1.79. The molecule has 5 heteroatoms. The number of nitrogens with zero attached hydrogens (tertiary/aromatic N) is 1. The number of rotatable bonds is 5. The number of nitrogens with two attached hydrogens (primary N) is 1. The predicted molar refractivity (Wildman–Crippen MR) is 101 cm³/mol. The number of hydrogen-bond acceptors (Lipinski definition) is 4. The highest BCUT2D eigenvalue weighted by Crippen LogP contribution is 2.31. The lowest BCUT2D eigenvalue weighted by molar-refractivity contribution is 0.1000. The Bertz CT molecular complexity index is 933. The highest BCUT2D eigenvalue weighted by atomic mass is 16.5. The Morgan fingerprint density at radius 2 is 1.38 bits per heavy atom. The summed E-state index contributed by atoms with van der Waals surface area (Å²) < 4.78 is 10.4. The molecule has 132 valence electrons. The summed E-state index contributed by atoms with van der Waals surface area (Å²) in [6, 6.07) is 17.0. The Labute approximate surface area is 152 Å². The molecule has 0 aliphatic rings. The number of aromatic nitrogens is 1. The quantitative estimate of drug-likeness (QED) is 0.760. The molecule has 1 aromatic heterocycles. The van der Waals surface area contributed by atoms with Crippen LogP contribution in [0, 0.1) is 6.92 Å². The molecule has 1 heterocycles. The van der Waals surface area contributed by atoms with Gasteiger partial charge in [0.15, 0.2) is 0 Å². The summed E-state index contributed by atoms with van der Waals surface area (Å²) in [5, 5.41) is 0. The minimum atomic E-state index is -0.498. The van der Waals surface area contributed by atoms with E-state index in [1.165, 1.54) is 0 Å². The van der Waals surface area contributed by atoms with Crippen molar-refractivity contribution >= 4 is 5.91 Å². The lowest BCUT2D eigenvalue weighted by atomic mass is 9.96. The Morgan fingerprint density at radius 3 is 1.85 bits per heavy atom. The lowest BCUT2D eigenvalue weighted by Crippen LogP contribution is -2.15. The number of hydrogen-bond donors (Lipinski definition) is 1. The van der Waals surface area contributed by atoms with Crippen LogP contribution in [0.2, 0.25) is 0 Å². The van der Waals surface area contributed by atoms with Crippen LogP contribution in [0.1, 0.15) is 16.1 Å². The molecule has 0 atom stereocenters. The van der Waals surface area contributed by atoms with Gasteiger partial charge in [0.25, 0.3) is 5.91 Å². The van der Waals surface area contributed by atoms with E-state index in [9.17, 15) is 4.79 Å². The number of amides is 1. The average Bonchev–Trinajstić information content (AvgIpc) is 2.67. The largest absolute Gasteiger partial charge is 0.497 e. The van der Waals surface area contributed by atoms with Crippen LogP contribution in [0.15, 0.2) is 54.6 Å². The first-order valence-corrected chi connectivity index (χ1v) is 8.13. The Balaban J connectivity index is 2.16. The SMILES string of the molecule is COc1ccc(-c2cc(-c3ccc(OC)cc3)c(C(N)=O)c(C)n2)cc1. The molecule has 1 amide bonds. The molecule has 0 radical (unpaired) electrons. The van der Waals surface area contributed by atoms with Crippen LogP contribution in [0.3, 0.4) is 0 Å². The maximum Gasteiger partial charge on any atom is 0.251 e. The van der Waals surface area contributed by atoms with Crippen molar-refractivity contribution < 1.29 is 14.3 Å². The number of benzene rings is 2. The zero-order valence-corrected chi connectivity index (χ0v) is 14.9. The number of pyridine rings is 1. The molecule has 0 bridgehead atoms. The molecule has 0 saturated heterocycles. The van der Waals surface area contributed by atoms with Crippen molar-refractivity contribution in [2.75, 3.05) is 14.2 Å². The minimum Gasteiger partial charge on any atom is -0.497 e. The number of carbonyl (C=O) groups excluding carboxylic acids is 1. The van der Waals surface area contributed by atoms with Gasteiger partial charge >= 0.3 is 0 Å². The van der Waals surface area contributed by atoms with Gasteiger partial charge in [0.2, 0.25) is 0 Å². The van der Waals surface area contributed by atoms with Crippen LogP contribution in [0.25, 0.3) is 22.4 Å². The van der Waals surface area contributed by atoms with E-state index in [0.29, 0.717) is 11.3 Å². The molecule has 0 unspecified atom stereocenters. The summed E-state index contributed by atoms with van der Waals surface area (Å²) in [6.07, 6.45) is 0. The van der Waals surface area contributed by atoms with Gasteiger partial charge in [0, 0.05) is 5.56 Å². The lowest BCUT2D eigenvalue weighted by Gasteiger charge is -2.13. The van der Waals surface area contributed by atoms with Crippen molar-refractivity contribution in [1.82, 2.24) is 4.98 Å². The highest BCUT2D eigenvalue weighted by molar-refractivity contribution is 6.01. The number of primary amides is 1. The maximum atomic E-state index is 12.0. The molecule has 0 saturated carbocycles. The fourth-order valence-electron chi connectivity index (χ4n) is 2.89. The summed E-state index contributed by atoms with van der Waals surface area (Å²) in [7, 11) is 3.24. The van der Waals surface area contributed by atoms with E-state index in [1.54, 1.807) is 21.1 Å². The van der Waals surface area contributed by atoms with Gasteiger partial charge in [-0.25, -0.2) is 0 Å². The molecule has 3 aromatic rings. The second-order valence-electron chi connectivity index (χ2n) is 5.84. The normalized spacial score (nSPS) is 10.4. The monoisotopic (exact) mass is 348 g/mol. The van der Waals surface area contributed by atoms with Crippen molar-refractivity contribution in [3.8, 4) is 33.9 Å². The van der Waals surface area contributed by atoms with Crippen molar-refractivity contribution in [2.45, 2.75) is 6.92 Å². The molecule has 0 fully saturated rings. The van der Waals surface area contributed by atoms with Crippen molar-refractivity contribution in [1.29, 1.82) is 0 Å². The van der Waals surface area contributed by atoms with Gasteiger partial charge < -0.3 is 15.2 Å². The molecular weight excluding hydrogens is 328 g/mol. The van der Waals surface area contributed by atoms with E-state index in [1.807, 2.05) is 54.6 Å². The topological polar surface area (TPSA) is 74.4 Å². The van der Waals surface area contributed by atoms with Crippen molar-refractivity contribution in [3.05, 3.63) is 65.9 Å². The van der Waals surface area contributed by atoms with Gasteiger partial charge in [0.1, 0.15) is 11.5 Å². The van der Waals surface area contributed by atoms with Gasteiger partial charge in [-0.05, 0) is 60.5 Å². The van der Waals surface area contributed by atoms with E-state index in [-0.39, 0.29) is 0 Å². The standard InChI is InChI=1S/C21H20N2O3/c1-13-20(21(22)24)18(14-4-8-16(25-2)9-5-14)12-19(23-13)15-6-10-17(26-3)11-7-15/h4-12H,1-3H3,(H2,22,24). The molecule has 26 heavy (non-hydrogen) atoms. The first-order chi connectivity index (χ1) is 12.5. The summed E-state index contributed by atoms with van der Waals surface area (Å²) in [4.78, 5) is 16.6. The first-order valence-electron chi connectivity index (χ1n) is 8.13. The van der Waals surface area contributed by atoms with Crippen LogP contribution in [0.5, 0.6) is 11.5 Å². The molecule has 2 aromatic carbocycles. The fraction of sp³-hybridized carbons (Fsp3) is 0.143. The van der Waals surface area contributed by atoms with Crippen LogP contribution in [-0.4, -0.2) is 25.1 Å². The van der Waals surface area contributed by atoms with E-state index in [2.05, 4.69) is 4.98 Å². The average molecular weight is 348 g/mol. The molecule has 3 rings (SSSR count). The summed E-state index contributed by atoms with van der Waals surface area (Å²) in [5.41, 5.74) is 9.95. The number of methoxy groups -OCH3 is 2. The number of aryl methyl sites for hydroxylation is 1. The third-order valence-corrected chi connectivity index (χ3v) is 4.23. The summed E-state index contributed by atoms with van der Waals surface area (Å²) in [5.74, 6) is 1.02. The third-order valence-electron chi connectivity index (χ3n) is 4.23. The third kappa shape index (κ3) is 3.37. The molecule has 5 nitrogen and oxygen atoms in total. The Morgan fingerprint density at radius 1 is 0.885 bits per heavy atom. The van der Waals surface area contributed by atoms with E-state index >= 15 is 0 Å². The highest BCUT2D eigenvalue weighted by Gasteiger charge is 2.17. The zero-order chi connectivity index (χ0) is 18.7. The number of ether oxygens (including phenoxy) is 2. The second kappa shape index (κ2) is 7.27. The van der Waals surface area contributed by atoms with Crippen molar-refractivity contribution in [2.24, 2.45) is 5.73 Å². The van der Waals surface area contributed by atoms with Crippen LogP contribution in [-0.2, 0) is 0 Å². The van der Waals surface area contributed by atoms with Crippen LogP contribution >= 0.6 is 0 Å². The Kier molecular flexibility index (Phi) is 4.89. The molecule has 0 aliphatic carbocycles. The Hall–Kier alpha value is -3.34. The second-order valence-corrected chi connectivity index (χ2v) is 5.84. The molecule has 2 N–H and O–H groups in total. The van der Waals surface area contributed by atoms with Crippen LogP contribution < -0.4 is 15.2 Å². The first kappa shape index (κ1) is 17.5. The van der Waals surface area contributed by atoms with Gasteiger partial charge in [0.05, 0.1) is 31.2 Å². The summed E-state index contributed by atoms with van der Waals surface area (Å²) >= 11 is 0. The van der Waals surface area contributed by atoms with E-state index in [4.69, 9.17) is 15.2 Å². The predicted octanol–water partition coefficient (Wildman–Crippen LogP) is 3.84. The number of carbonyl (C=O) groups is 1. The fourth-order valence-corrected chi connectivity index (χ4v) is 2.89. The zero-order valence-electron chi connectivity index (χ0n) is 14.9. The van der Waals surface area contributed by atoms with Gasteiger partial charge in [-0.1, -0.05) is 12.1 Å².